The van der Waals surface area contributed by atoms with Crippen molar-refractivity contribution in [3.8, 4) is 0 Å². The average Bonchev–Trinajstić information content (AvgIpc) is 2.38. The van der Waals surface area contributed by atoms with E-state index < -0.39 is 0 Å². The van der Waals surface area contributed by atoms with Gasteiger partial charge in [0.1, 0.15) is 11.1 Å². The Hall–Kier alpha value is -1.47. The molecule has 7 heteroatoms. The number of hydrogen-bond acceptors (Lipinski definition) is 5. The van der Waals surface area contributed by atoms with Crippen molar-refractivity contribution in [1.29, 1.82) is 0 Å². The summed E-state index contributed by atoms with van der Waals surface area (Å²) < 4.78 is 7.12. The maximum Gasteiger partial charge on any atom is 0.293 e. The van der Waals surface area contributed by atoms with Crippen LogP contribution in [0.3, 0.4) is 0 Å². The molecule has 1 unspecified atom stereocenters. The topological polar surface area (TPSA) is 73.4 Å². The molecule has 1 aliphatic rings. The molecule has 0 radical (unpaired) electrons. The van der Waals surface area contributed by atoms with Crippen LogP contribution in [0.2, 0.25) is 0 Å². The van der Waals surface area contributed by atoms with Gasteiger partial charge in [-0.15, -0.1) is 0 Å². The smallest absolute Gasteiger partial charge is 0.293 e. The summed E-state index contributed by atoms with van der Waals surface area (Å²) >= 11 is 4.94. The molecule has 0 aliphatic carbocycles. The lowest BCUT2D eigenvalue weighted by Crippen LogP contribution is -2.50. The van der Waals surface area contributed by atoms with Crippen molar-refractivity contribution in [2.45, 2.75) is 26.0 Å². The molecule has 1 aromatic heterocycles. The summed E-state index contributed by atoms with van der Waals surface area (Å²) in [7, 11) is 0. The van der Waals surface area contributed by atoms with Crippen molar-refractivity contribution >= 4 is 23.0 Å². The molecular formula is C12H18N4O2S. The number of anilines is 1. The van der Waals surface area contributed by atoms with Crippen molar-refractivity contribution in [2.75, 3.05) is 24.6 Å². The second-order valence-electron chi connectivity index (χ2n) is 4.76. The van der Waals surface area contributed by atoms with Gasteiger partial charge in [0.25, 0.3) is 5.56 Å². The second-order valence-corrected chi connectivity index (χ2v) is 5.24. The molecule has 0 amide bonds. The lowest BCUT2D eigenvalue weighted by atomic mass is 10.2. The number of thiocarbonyl (C=S) groups is 1. The molecular weight excluding hydrogens is 264 g/mol. The molecule has 0 aromatic carbocycles. The first-order valence-corrected chi connectivity index (χ1v) is 6.64. The normalized spacial score (nSPS) is 19.7. The largest absolute Gasteiger partial charge is 0.391 e. The van der Waals surface area contributed by atoms with E-state index in [9.17, 15) is 4.79 Å². The summed E-state index contributed by atoms with van der Waals surface area (Å²) in [4.78, 5) is 18.7. The first-order chi connectivity index (χ1) is 9.00. The van der Waals surface area contributed by atoms with E-state index in [1.165, 1.54) is 0 Å². The van der Waals surface area contributed by atoms with Gasteiger partial charge in [0.2, 0.25) is 0 Å². The van der Waals surface area contributed by atoms with Crippen LogP contribution in [-0.4, -0.2) is 40.3 Å². The fourth-order valence-corrected chi connectivity index (χ4v) is 2.19. The van der Waals surface area contributed by atoms with Crippen LogP contribution < -0.4 is 16.2 Å². The molecule has 2 heterocycles. The lowest BCUT2D eigenvalue weighted by molar-refractivity contribution is 0.0842. The fraction of sp³-hybridized carbons (Fsp3) is 0.583. The van der Waals surface area contributed by atoms with Crippen LogP contribution >= 0.6 is 12.2 Å². The molecule has 0 bridgehead atoms. The maximum absolute atomic E-state index is 12.3. The predicted octanol–water partition coefficient (Wildman–Crippen LogP) is 0.315. The van der Waals surface area contributed by atoms with Gasteiger partial charge >= 0.3 is 0 Å². The molecule has 6 nitrogen and oxygen atoms in total. The van der Waals surface area contributed by atoms with Gasteiger partial charge in [-0.1, -0.05) is 12.2 Å². The minimum absolute atomic E-state index is 0.0962. The number of nitrogens with zero attached hydrogens (tertiary/aromatic N) is 3. The SMILES string of the molecule is CC(C)n1ccnc(N2CCOC(C(N)=S)C2)c1=O. The summed E-state index contributed by atoms with van der Waals surface area (Å²) in [5, 5.41) is 0. The Morgan fingerprint density at radius 3 is 3.00 bits per heavy atom. The van der Waals surface area contributed by atoms with E-state index >= 15 is 0 Å². The fourth-order valence-electron chi connectivity index (χ4n) is 2.05. The maximum atomic E-state index is 12.3. The zero-order valence-corrected chi connectivity index (χ0v) is 11.9. The summed E-state index contributed by atoms with van der Waals surface area (Å²) in [6.45, 7) is 5.49. The van der Waals surface area contributed by atoms with Crippen molar-refractivity contribution in [3.63, 3.8) is 0 Å². The third-order valence-electron chi connectivity index (χ3n) is 3.09. The van der Waals surface area contributed by atoms with Crippen molar-refractivity contribution in [3.05, 3.63) is 22.7 Å². The van der Waals surface area contributed by atoms with Crippen LogP contribution in [0.1, 0.15) is 19.9 Å². The molecule has 19 heavy (non-hydrogen) atoms. The first-order valence-electron chi connectivity index (χ1n) is 6.23. The highest BCUT2D eigenvalue weighted by Gasteiger charge is 2.25. The van der Waals surface area contributed by atoms with Gasteiger partial charge in [-0.25, -0.2) is 4.98 Å². The van der Waals surface area contributed by atoms with Gasteiger partial charge in [0, 0.05) is 25.0 Å². The van der Waals surface area contributed by atoms with Gasteiger partial charge in [-0.2, -0.15) is 0 Å². The molecule has 1 aromatic rings. The summed E-state index contributed by atoms with van der Waals surface area (Å²) in [6.07, 6.45) is 3.02. The standard InChI is InChI=1S/C12H18N4O2S/c1-8(2)16-4-3-14-11(12(16)17)15-5-6-18-9(7-15)10(13)19/h3-4,8-9H,5-7H2,1-2H3,(H2,13,19). The van der Waals surface area contributed by atoms with E-state index in [1.54, 1.807) is 17.0 Å². The molecule has 2 rings (SSSR count). The number of rotatable bonds is 3. The zero-order chi connectivity index (χ0) is 14.0. The zero-order valence-electron chi connectivity index (χ0n) is 11.1. The first kappa shape index (κ1) is 14.0. The number of morpholine rings is 1. The molecule has 1 aliphatic heterocycles. The van der Waals surface area contributed by atoms with Crippen LogP contribution in [0.5, 0.6) is 0 Å². The average molecular weight is 282 g/mol. The monoisotopic (exact) mass is 282 g/mol. The third kappa shape index (κ3) is 2.93. The van der Waals surface area contributed by atoms with E-state index in [2.05, 4.69) is 4.98 Å². The quantitative estimate of drug-likeness (QED) is 0.805. The number of ether oxygens (including phenoxy) is 1. The van der Waals surface area contributed by atoms with Crippen LogP contribution in [-0.2, 0) is 4.74 Å². The van der Waals surface area contributed by atoms with Crippen LogP contribution in [0.25, 0.3) is 0 Å². The second kappa shape index (κ2) is 5.66. The van der Waals surface area contributed by atoms with Crippen LogP contribution in [0.4, 0.5) is 5.82 Å². The van der Waals surface area contributed by atoms with Crippen LogP contribution in [0.15, 0.2) is 17.2 Å². The number of hydrogen-bond donors (Lipinski definition) is 1. The van der Waals surface area contributed by atoms with Gasteiger partial charge in [-0.3, -0.25) is 4.79 Å². The Bertz CT molecular complexity index is 529. The van der Waals surface area contributed by atoms with Gasteiger partial charge in [0.15, 0.2) is 5.82 Å². The van der Waals surface area contributed by atoms with E-state index in [0.29, 0.717) is 30.5 Å². The molecule has 0 spiro atoms. The highest BCUT2D eigenvalue weighted by atomic mass is 32.1. The summed E-state index contributed by atoms with van der Waals surface area (Å²) in [5.41, 5.74) is 5.50. The molecule has 0 saturated carbocycles. The summed E-state index contributed by atoms with van der Waals surface area (Å²) in [6, 6.07) is 0.0988. The minimum atomic E-state index is -0.322. The minimum Gasteiger partial charge on any atom is -0.391 e. The molecule has 1 fully saturated rings. The highest BCUT2D eigenvalue weighted by molar-refractivity contribution is 7.80. The van der Waals surface area contributed by atoms with E-state index in [0.717, 1.165) is 0 Å². The Labute approximate surface area is 117 Å². The molecule has 1 saturated heterocycles. The van der Waals surface area contributed by atoms with Crippen LogP contribution in [0, 0.1) is 0 Å². The number of nitrogens with two attached hydrogens (primary N) is 1. The van der Waals surface area contributed by atoms with E-state index in [1.807, 2.05) is 18.7 Å². The Morgan fingerprint density at radius 2 is 2.37 bits per heavy atom. The van der Waals surface area contributed by atoms with E-state index in [4.69, 9.17) is 22.7 Å². The predicted molar refractivity (Wildman–Crippen MR) is 77.6 cm³/mol. The van der Waals surface area contributed by atoms with Gasteiger partial charge < -0.3 is 19.9 Å². The molecule has 2 N–H and O–H groups in total. The Kier molecular flexibility index (Phi) is 4.16. The van der Waals surface area contributed by atoms with Gasteiger partial charge in [0.05, 0.1) is 13.2 Å². The molecule has 1 atom stereocenters. The van der Waals surface area contributed by atoms with Crippen molar-refractivity contribution in [1.82, 2.24) is 9.55 Å². The van der Waals surface area contributed by atoms with Crippen molar-refractivity contribution in [2.24, 2.45) is 5.73 Å². The highest BCUT2D eigenvalue weighted by Crippen LogP contribution is 2.12. The Balaban J connectivity index is 2.29. The van der Waals surface area contributed by atoms with Gasteiger partial charge in [-0.05, 0) is 13.8 Å². The number of aromatic nitrogens is 2. The Morgan fingerprint density at radius 1 is 1.63 bits per heavy atom. The van der Waals surface area contributed by atoms with Crippen molar-refractivity contribution < 1.29 is 4.74 Å². The summed E-state index contributed by atoms with van der Waals surface area (Å²) in [5.74, 6) is 0.431. The van der Waals surface area contributed by atoms with E-state index in [-0.39, 0.29) is 17.7 Å². The lowest BCUT2D eigenvalue weighted by Gasteiger charge is -2.32. The third-order valence-corrected chi connectivity index (χ3v) is 3.35. The molecule has 104 valence electrons.